The van der Waals surface area contributed by atoms with Gasteiger partial charge in [0, 0.05) is 0 Å². The second-order valence-corrected chi connectivity index (χ2v) is 11.1. The SMILES string of the molecule is Nc1ncnc2c1ncn2COCCOP(=O)(O)C(Cl)(Cl)P(=O)(O)O. The second-order valence-electron chi connectivity index (χ2n) is 4.59. The molecule has 1 atom stereocenters. The number of nitrogen functional groups attached to an aromatic ring is 1. The van der Waals surface area contributed by atoms with Gasteiger partial charge in [-0.25, -0.2) is 15.0 Å². The highest BCUT2D eigenvalue weighted by Crippen LogP contribution is 2.75. The standard InChI is InChI=1S/C9H13Cl2N5O7P2/c10-9(11,24(17,18)19)25(20,21)23-2-1-22-5-16-4-15-6-7(12)13-3-14-8(6)16/h3-4H,1-2,5H2,(H,20,21)(H2,12,13,14)(H2,17,18,19). The van der Waals surface area contributed by atoms with Crippen LogP contribution in [0.5, 0.6) is 0 Å². The quantitative estimate of drug-likeness (QED) is 0.261. The molecule has 0 saturated heterocycles. The van der Waals surface area contributed by atoms with Crippen molar-refractivity contribution in [2.45, 2.75) is 10.5 Å². The number of rotatable bonds is 8. The zero-order valence-corrected chi connectivity index (χ0v) is 15.6. The zero-order chi connectivity index (χ0) is 18.9. The van der Waals surface area contributed by atoms with Gasteiger partial charge in [0.1, 0.15) is 18.6 Å². The average Bonchev–Trinajstić information content (AvgIpc) is 2.90. The Morgan fingerprint density at radius 2 is 1.88 bits per heavy atom. The van der Waals surface area contributed by atoms with Crippen LogP contribution in [0, 0.1) is 0 Å². The van der Waals surface area contributed by atoms with Gasteiger partial charge in [-0.15, -0.1) is 0 Å². The number of hydrogen-bond acceptors (Lipinski definition) is 8. The molecule has 0 bridgehead atoms. The number of hydrogen-bond donors (Lipinski definition) is 4. The molecule has 0 aliphatic carbocycles. The highest BCUT2D eigenvalue weighted by Gasteiger charge is 2.60. The van der Waals surface area contributed by atoms with Crippen molar-refractivity contribution < 1.29 is 33.1 Å². The van der Waals surface area contributed by atoms with Crippen molar-refractivity contribution in [3.63, 3.8) is 0 Å². The summed E-state index contributed by atoms with van der Waals surface area (Å²) in [4.78, 5) is 39.1. The molecule has 140 valence electrons. The highest BCUT2D eigenvalue weighted by molar-refractivity contribution is 7.78. The van der Waals surface area contributed by atoms with E-state index >= 15 is 0 Å². The lowest BCUT2D eigenvalue weighted by Crippen LogP contribution is -2.17. The van der Waals surface area contributed by atoms with Crippen molar-refractivity contribution >= 4 is 55.4 Å². The minimum atomic E-state index is -5.30. The fourth-order valence-electron chi connectivity index (χ4n) is 1.62. The molecule has 2 aromatic rings. The van der Waals surface area contributed by atoms with Crippen LogP contribution in [0.4, 0.5) is 5.82 Å². The van der Waals surface area contributed by atoms with E-state index in [1.165, 1.54) is 17.2 Å². The second kappa shape index (κ2) is 7.43. The van der Waals surface area contributed by atoms with Crippen molar-refractivity contribution in [2.75, 3.05) is 18.9 Å². The summed E-state index contributed by atoms with van der Waals surface area (Å²) >= 11 is 10.5. The molecule has 16 heteroatoms. The van der Waals surface area contributed by atoms with E-state index in [0.717, 1.165) is 0 Å². The van der Waals surface area contributed by atoms with Crippen LogP contribution in [0.2, 0.25) is 0 Å². The third-order valence-corrected chi connectivity index (χ3v) is 8.90. The number of anilines is 1. The van der Waals surface area contributed by atoms with Gasteiger partial charge in [-0.1, -0.05) is 23.2 Å². The van der Waals surface area contributed by atoms with Crippen LogP contribution >= 0.6 is 38.4 Å². The number of imidazole rings is 1. The smallest absolute Gasteiger partial charge is 0.376 e. The molecule has 0 fully saturated rings. The summed E-state index contributed by atoms with van der Waals surface area (Å²) in [5.41, 5.74) is 6.44. The van der Waals surface area contributed by atoms with Gasteiger partial charge in [-0.3, -0.25) is 13.7 Å². The molecule has 0 aliphatic rings. The fraction of sp³-hybridized carbons (Fsp3) is 0.444. The van der Waals surface area contributed by atoms with Crippen molar-refractivity contribution in [1.82, 2.24) is 19.5 Å². The van der Waals surface area contributed by atoms with E-state index in [0.29, 0.717) is 11.2 Å². The van der Waals surface area contributed by atoms with Crippen molar-refractivity contribution in [1.29, 1.82) is 0 Å². The van der Waals surface area contributed by atoms with Gasteiger partial charge in [0.25, 0.3) is 0 Å². The number of aromatic nitrogens is 4. The molecular formula is C9H13Cl2N5O7P2. The Morgan fingerprint density at radius 3 is 2.52 bits per heavy atom. The Hall–Kier alpha value is -0.810. The number of alkyl halides is 2. The molecule has 0 aliphatic heterocycles. The molecule has 1 unspecified atom stereocenters. The highest BCUT2D eigenvalue weighted by atomic mass is 35.5. The molecule has 12 nitrogen and oxygen atoms in total. The van der Waals surface area contributed by atoms with Crippen LogP contribution in [0.1, 0.15) is 0 Å². The minimum Gasteiger partial charge on any atom is -0.382 e. The van der Waals surface area contributed by atoms with E-state index < -0.39 is 25.6 Å². The number of halogens is 2. The van der Waals surface area contributed by atoms with E-state index in [1.54, 1.807) is 0 Å². The lowest BCUT2D eigenvalue weighted by Gasteiger charge is -2.25. The van der Waals surface area contributed by atoms with E-state index in [1.807, 2.05) is 0 Å². The van der Waals surface area contributed by atoms with E-state index in [2.05, 4.69) is 19.5 Å². The third-order valence-electron chi connectivity index (χ3n) is 2.84. The number of ether oxygens (including phenoxy) is 1. The third kappa shape index (κ3) is 4.30. The lowest BCUT2D eigenvalue weighted by atomic mass is 10.5. The fourth-order valence-corrected chi connectivity index (χ4v) is 3.88. The average molecular weight is 436 g/mol. The molecule has 2 aromatic heterocycles. The Balaban J connectivity index is 1.88. The van der Waals surface area contributed by atoms with Gasteiger partial charge < -0.3 is 29.7 Å². The summed E-state index contributed by atoms with van der Waals surface area (Å²) in [6.45, 7) is -0.758. The predicted octanol–water partition coefficient (Wildman–Crippen LogP) is 0.851. The normalized spacial score (nSPS) is 15.4. The van der Waals surface area contributed by atoms with Gasteiger partial charge in [0.15, 0.2) is 11.5 Å². The summed E-state index contributed by atoms with van der Waals surface area (Å²) < 4.78 is 30.7. The van der Waals surface area contributed by atoms with Crippen molar-refractivity contribution in [3.8, 4) is 0 Å². The first kappa shape index (κ1) is 20.5. The van der Waals surface area contributed by atoms with Crippen LogP contribution in [0.3, 0.4) is 0 Å². The summed E-state index contributed by atoms with van der Waals surface area (Å²) in [6, 6.07) is 0. The molecule has 0 aromatic carbocycles. The first-order chi connectivity index (χ1) is 11.5. The van der Waals surface area contributed by atoms with Crippen LogP contribution < -0.4 is 5.73 Å². The molecular weight excluding hydrogens is 423 g/mol. The van der Waals surface area contributed by atoms with E-state index in [-0.39, 0.29) is 19.2 Å². The maximum absolute atomic E-state index is 11.8. The molecule has 0 amide bonds. The minimum absolute atomic E-state index is 0.0442. The molecule has 0 spiro atoms. The van der Waals surface area contributed by atoms with Gasteiger partial charge in [0.05, 0.1) is 19.5 Å². The Morgan fingerprint density at radius 1 is 1.20 bits per heavy atom. The van der Waals surface area contributed by atoms with E-state index in [9.17, 15) is 14.0 Å². The summed E-state index contributed by atoms with van der Waals surface area (Å²) in [6.07, 6.45) is 2.66. The molecule has 5 N–H and O–H groups in total. The van der Waals surface area contributed by atoms with Crippen LogP contribution in [-0.2, 0) is 25.1 Å². The first-order valence-corrected chi connectivity index (χ1v) is 10.3. The zero-order valence-electron chi connectivity index (χ0n) is 12.3. The van der Waals surface area contributed by atoms with Crippen LogP contribution in [0.15, 0.2) is 12.7 Å². The van der Waals surface area contributed by atoms with Gasteiger partial charge in [0.2, 0.25) is 0 Å². The Kier molecular flexibility index (Phi) is 6.10. The van der Waals surface area contributed by atoms with Crippen molar-refractivity contribution in [2.24, 2.45) is 0 Å². The Bertz CT molecular complexity index is 856. The molecule has 2 rings (SSSR count). The summed E-state index contributed by atoms with van der Waals surface area (Å²) in [7, 11) is -10.3. The predicted molar refractivity (Wildman–Crippen MR) is 87.9 cm³/mol. The molecule has 0 radical (unpaired) electrons. The molecule has 0 saturated carbocycles. The monoisotopic (exact) mass is 435 g/mol. The van der Waals surface area contributed by atoms with Gasteiger partial charge in [-0.2, -0.15) is 0 Å². The molecule has 2 heterocycles. The van der Waals surface area contributed by atoms with E-state index in [4.69, 9.17) is 43.5 Å². The van der Waals surface area contributed by atoms with Crippen molar-refractivity contribution in [3.05, 3.63) is 12.7 Å². The lowest BCUT2D eigenvalue weighted by molar-refractivity contribution is 0.0528. The molecule has 25 heavy (non-hydrogen) atoms. The first-order valence-electron chi connectivity index (χ1n) is 6.37. The topological polar surface area (TPSA) is 183 Å². The number of fused-ring (bicyclic) bond motifs is 1. The summed E-state index contributed by atoms with van der Waals surface area (Å²) in [5, 5.41) is 0. The van der Waals surface area contributed by atoms with Gasteiger partial charge in [-0.05, 0) is 0 Å². The van der Waals surface area contributed by atoms with Crippen LogP contribution in [0.25, 0.3) is 11.2 Å². The van der Waals surface area contributed by atoms with Gasteiger partial charge >= 0.3 is 19.0 Å². The van der Waals surface area contributed by atoms with Crippen LogP contribution in [-0.4, -0.2) is 51.2 Å². The number of nitrogens with two attached hydrogens (primary N) is 1. The number of nitrogens with zero attached hydrogens (tertiary/aromatic N) is 4. The maximum Gasteiger partial charge on any atom is 0.376 e. The largest absolute Gasteiger partial charge is 0.382 e. The maximum atomic E-state index is 11.8. The Labute approximate surface area is 150 Å². The summed E-state index contributed by atoms with van der Waals surface area (Å²) in [5.74, 6) is 0.200.